The van der Waals surface area contributed by atoms with Gasteiger partial charge in [0.2, 0.25) is 0 Å². The molecule has 0 N–H and O–H groups in total. The van der Waals surface area contributed by atoms with E-state index < -0.39 is 0 Å². The predicted molar refractivity (Wildman–Crippen MR) is 78.8 cm³/mol. The monoisotopic (exact) mass is 276 g/mol. The third kappa shape index (κ3) is 3.18. The second-order valence-electron chi connectivity index (χ2n) is 6.62. The van der Waals surface area contributed by atoms with Crippen molar-refractivity contribution in [1.29, 1.82) is 0 Å². The van der Waals surface area contributed by atoms with Crippen LogP contribution < -0.4 is 0 Å². The van der Waals surface area contributed by atoms with Crippen LogP contribution in [-0.4, -0.2) is 41.1 Å². The van der Waals surface area contributed by atoms with E-state index in [0.717, 1.165) is 5.56 Å². The summed E-state index contributed by atoms with van der Waals surface area (Å²) in [6.07, 6.45) is 1.84. The summed E-state index contributed by atoms with van der Waals surface area (Å²) >= 11 is 0. The number of pyridine rings is 1. The molecule has 2 heterocycles. The Balaban J connectivity index is 2.30. The number of hydrogen-bond donors (Lipinski definition) is 0. The van der Waals surface area contributed by atoms with Gasteiger partial charge >= 0.3 is 0 Å². The summed E-state index contributed by atoms with van der Waals surface area (Å²) in [6.45, 7) is 11.6. The molecule has 2 unspecified atom stereocenters. The van der Waals surface area contributed by atoms with Gasteiger partial charge < -0.3 is 9.64 Å². The minimum atomic E-state index is -0.0945. The Hall–Kier alpha value is -1.42. The zero-order chi connectivity index (χ0) is 14.9. The first-order valence-corrected chi connectivity index (χ1v) is 7.19. The van der Waals surface area contributed by atoms with Crippen LogP contribution in [0, 0.1) is 0 Å². The Bertz CT molecular complexity index is 483. The normalized spacial score (nSPS) is 23.8. The lowest BCUT2D eigenvalue weighted by atomic mass is 9.85. The first-order valence-electron chi connectivity index (χ1n) is 7.19. The molecule has 1 aromatic rings. The van der Waals surface area contributed by atoms with Crippen LogP contribution in [0.1, 0.15) is 50.7 Å². The highest BCUT2D eigenvalue weighted by atomic mass is 16.5. The van der Waals surface area contributed by atoms with E-state index in [1.165, 1.54) is 0 Å². The van der Waals surface area contributed by atoms with Gasteiger partial charge in [-0.25, -0.2) is 0 Å². The molecule has 1 aliphatic rings. The molecule has 4 heteroatoms. The summed E-state index contributed by atoms with van der Waals surface area (Å²) in [5.41, 5.74) is 1.47. The Labute approximate surface area is 121 Å². The smallest absolute Gasteiger partial charge is 0.272 e. The molecule has 20 heavy (non-hydrogen) atoms. The number of morpholine rings is 1. The van der Waals surface area contributed by atoms with Crippen molar-refractivity contribution in [1.82, 2.24) is 9.88 Å². The molecule has 0 aliphatic carbocycles. The molecule has 0 saturated carbocycles. The van der Waals surface area contributed by atoms with Crippen molar-refractivity contribution in [2.75, 3.05) is 13.1 Å². The van der Waals surface area contributed by atoms with E-state index >= 15 is 0 Å². The van der Waals surface area contributed by atoms with Gasteiger partial charge in [0.1, 0.15) is 5.69 Å². The van der Waals surface area contributed by atoms with Crippen molar-refractivity contribution in [3.8, 4) is 0 Å². The summed E-state index contributed by atoms with van der Waals surface area (Å²) in [5, 5.41) is 0. The molecule has 1 amide bonds. The Morgan fingerprint density at radius 1 is 1.30 bits per heavy atom. The van der Waals surface area contributed by atoms with E-state index in [0.29, 0.717) is 18.8 Å². The highest BCUT2D eigenvalue weighted by molar-refractivity contribution is 5.94. The molecule has 0 aromatic carbocycles. The lowest BCUT2D eigenvalue weighted by molar-refractivity contribution is -0.0587. The Kier molecular flexibility index (Phi) is 4.14. The maximum atomic E-state index is 12.8. The molecule has 1 saturated heterocycles. The summed E-state index contributed by atoms with van der Waals surface area (Å²) in [4.78, 5) is 19.0. The van der Waals surface area contributed by atoms with Gasteiger partial charge in [0.15, 0.2) is 0 Å². The molecule has 1 fully saturated rings. The van der Waals surface area contributed by atoms with E-state index in [1.54, 1.807) is 6.20 Å². The van der Waals surface area contributed by atoms with Crippen molar-refractivity contribution in [2.24, 2.45) is 0 Å². The number of rotatable bonds is 1. The standard InChI is InChI=1S/C16H24N2O2/c1-11-9-18(10-12(2)20-11)15(19)14-13(16(3,4)5)7-6-8-17-14/h6-8,11-12H,9-10H2,1-5H3. The number of amides is 1. The summed E-state index contributed by atoms with van der Waals surface area (Å²) in [7, 11) is 0. The average molecular weight is 276 g/mol. The van der Waals surface area contributed by atoms with Crippen LogP contribution >= 0.6 is 0 Å². The fourth-order valence-electron chi connectivity index (χ4n) is 2.67. The van der Waals surface area contributed by atoms with E-state index in [2.05, 4.69) is 25.8 Å². The van der Waals surface area contributed by atoms with Crippen molar-refractivity contribution >= 4 is 5.91 Å². The van der Waals surface area contributed by atoms with Crippen LogP contribution in [-0.2, 0) is 10.2 Å². The number of carbonyl (C=O) groups excluding carboxylic acids is 1. The number of nitrogens with zero attached hydrogens (tertiary/aromatic N) is 2. The first-order chi connectivity index (χ1) is 9.29. The molecule has 2 atom stereocenters. The molecule has 2 rings (SSSR count). The third-order valence-electron chi connectivity index (χ3n) is 3.53. The van der Waals surface area contributed by atoms with Gasteiger partial charge in [-0.2, -0.15) is 0 Å². The van der Waals surface area contributed by atoms with Crippen molar-refractivity contribution in [3.05, 3.63) is 29.6 Å². The molecule has 0 spiro atoms. The quantitative estimate of drug-likeness (QED) is 0.792. The van der Waals surface area contributed by atoms with Crippen LogP contribution in [0.5, 0.6) is 0 Å². The van der Waals surface area contributed by atoms with Crippen molar-refractivity contribution in [3.63, 3.8) is 0 Å². The fraction of sp³-hybridized carbons (Fsp3) is 0.625. The minimum absolute atomic E-state index is 0.0116. The number of aromatic nitrogens is 1. The molecule has 4 nitrogen and oxygen atoms in total. The van der Waals surface area contributed by atoms with Crippen LogP contribution in [0.4, 0.5) is 0 Å². The average Bonchev–Trinajstić information content (AvgIpc) is 2.35. The molecular weight excluding hydrogens is 252 g/mol. The van der Waals surface area contributed by atoms with Gasteiger partial charge in [0, 0.05) is 19.3 Å². The predicted octanol–water partition coefficient (Wildman–Crippen LogP) is 2.63. The van der Waals surface area contributed by atoms with E-state index in [4.69, 9.17) is 4.74 Å². The molecule has 0 bridgehead atoms. The van der Waals surface area contributed by atoms with Crippen molar-refractivity contribution < 1.29 is 9.53 Å². The van der Waals surface area contributed by atoms with Crippen LogP contribution in [0.25, 0.3) is 0 Å². The van der Waals surface area contributed by atoms with Gasteiger partial charge in [0.05, 0.1) is 12.2 Å². The maximum Gasteiger partial charge on any atom is 0.272 e. The highest BCUT2D eigenvalue weighted by Gasteiger charge is 2.30. The summed E-state index contributed by atoms with van der Waals surface area (Å²) < 4.78 is 5.69. The van der Waals surface area contributed by atoms with E-state index in [-0.39, 0.29) is 23.5 Å². The lowest BCUT2D eigenvalue weighted by Gasteiger charge is -2.36. The van der Waals surface area contributed by atoms with Gasteiger partial charge in [-0.05, 0) is 30.9 Å². The largest absolute Gasteiger partial charge is 0.372 e. The molecular formula is C16H24N2O2. The topological polar surface area (TPSA) is 42.4 Å². The maximum absolute atomic E-state index is 12.8. The second kappa shape index (κ2) is 5.52. The van der Waals surface area contributed by atoms with Crippen LogP contribution in [0.3, 0.4) is 0 Å². The van der Waals surface area contributed by atoms with Gasteiger partial charge in [-0.3, -0.25) is 9.78 Å². The minimum Gasteiger partial charge on any atom is -0.372 e. The molecule has 110 valence electrons. The zero-order valence-corrected chi connectivity index (χ0v) is 13.0. The third-order valence-corrected chi connectivity index (χ3v) is 3.53. The van der Waals surface area contributed by atoms with Gasteiger partial charge in [-0.15, -0.1) is 0 Å². The Morgan fingerprint density at radius 2 is 1.90 bits per heavy atom. The molecule has 1 aromatic heterocycles. The zero-order valence-electron chi connectivity index (χ0n) is 13.0. The van der Waals surface area contributed by atoms with Crippen LogP contribution in [0.15, 0.2) is 18.3 Å². The Morgan fingerprint density at radius 3 is 2.45 bits per heavy atom. The van der Waals surface area contributed by atoms with Crippen molar-refractivity contribution in [2.45, 2.75) is 52.2 Å². The molecule has 0 radical (unpaired) electrons. The number of carbonyl (C=O) groups is 1. The first kappa shape index (κ1) is 15.0. The number of ether oxygens (including phenoxy) is 1. The van der Waals surface area contributed by atoms with E-state index in [1.807, 2.05) is 30.9 Å². The molecule has 1 aliphatic heterocycles. The second-order valence-corrected chi connectivity index (χ2v) is 6.62. The van der Waals surface area contributed by atoms with Crippen LogP contribution in [0.2, 0.25) is 0 Å². The fourth-order valence-corrected chi connectivity index (χ4v) is 2.67. The van der Waals surface area contributed by atoms with Gasteiger partial charge in [-0.1, -0.05) is 26.8 Å². The van der Waals surface area contributed by atoms with Gasteiger partial charge in [0.25, 0.3) is 5.91 Å². The highest BCUT2D eigenvalue weighted by Crippen LogP contribution is 2.26. The SMILES string of the molecule is CC1CN(C(=O)c2ncccc2C(C)(C)C)CC(C)O1. The summed E-state index contributed by atoms with van der Waals surface area (Å²) in [6, 6.07) is 3.88. The number of hydrogen-bond acceptors (Lipinski definition) is 3. The van der Waals surface area contributed by atoms with E-state index in [9.17, 15) is 4.79 Å². The summed E-state index contributed by atoms with van der Waals surface area (Å²) in [5.74, 6) is 0.0116. The lowest BCUT2D eigenvalue weighted by Crippen LogP contribution is -2.48.